The number of phosphoric acid groups is 1. The molecule has 0 saturated carbocycles. The van der Waals surface area contributed by atoms with Crippen LogP contribution in [0.3, 0.4) is 0 Å². The number of hydrogen-bond donors (Lipinski definition) is 0. The number of likely N-dealkylation sites (N-methyl/N-ethyl adjacent to an activating group) is 1. The number of halogens is 1. The number of unbranched alkanes of at least 4 members (excludes halogenated alkanes) is 13. The monoisotopic (exact) mass is 470 g/mol. The molecule has 30 heavy (non-hydrogen) atoms. The molecule has 182 valence electrons. The van der Waals surface area contributed by atoms with E-state index in [0.717, 1.165) is 12.8 Å². The van der Waals surface area contributed by atoms with Gasteiger partial charge in [0.2, 0.25) is 0 Å². The Morgan fingerprint density at radius 1 is 0.800 bits per heavy atom. The second-order valence-corrected chi connectivity index (χ2v) is 11.5. The van der Waals surface area contributed by atoms with Crippen LogP contribution >= 0.6 is 19.4 Å². The minimum atomic E-state index is -3.54. The van der Waals surface area contributed by atoms with E-state index >= 15 is 0 Å². The predicted octanol–water partition coefficient (Wildman–Crippen LogP) is 7.57. The molecule has 0 heterocycles. The van der Waals surface area contributed by atoms with Crippen LogP contribution in [0.25, 0.3) is 0 Å². The van der Waals surface area contributed by atoms with Crippen LogP contribution in [0.5, 0.6) is 0 Å². The summed E-state index contributed by atoms with van der Waals surface area (Å²) in [6.45, 7) is 3.30. The molecule has 0 radical (unpaired) electrons. The lowest BCUT2D eigenvalue weighted by molar-refractivity contribution is -0.872. The fourth-order valence-corrected chi connectivity index (χ4v) is 4.86. The molecule has 0 N–H and O–H groups in total. The maximum Gasteiger partial charge on any atom is 0.475 e. The van der Waals surface area contributed by atoms with Gasteiger partial charge in [-0.1, -0.05) is 90.4 Å². The van der Waals surface area contributed by atoms with Crippen molar-refractivity contribution in [3.63, 3.8) is 0 Å². The van der Waals surface area contributed by atoms with Crippen LogP contribution in [-0.2, 0) is 18.1 Å². The molecule has 0 aliphatic heterocycles. The summed E-state index contributed by atoms with van der Waals surface area (Å²) < 4.78 is 29.4. The van der Waals surface area contributed by atoms with Crippen molar-refractivity contribution >= 4 is 19.4 Å². The van der Waals surface area contributed by atoms with Crippen molar-refractivity contribution in [2.75, 3.05) is 47.3 Å². The minimum absolute atomic E-state index is 0.255. The molecule has 0 rings (SSSR count). The minimum Gasteiger partial charge on any atom is -0.329 e. The average Bonchev–Trinajstić information content (AvgIpc) is 2.69. The van der Waals surface area contributed by atoms with Crippen LogP contribution in [-0.4, -0.2) is 57.9 Å². The van der Waals surface area contributed by atoms with E-state index in [0.29, 0.717) is 17.6 Å². The van der Waals surface area contributed by atoms with Crippen molar-refractivity contribution < 1.29 is 22.6 Å². The summed E-state index contributed by atoms with van der Waals surface area (Å²) in [5.74, 6) is 0.255. The van der Waals surface area contributed by atoms with E-state index < -0.39 is 7.82 Å². The number of phosphoric ester groups is 1. The zero-order valence-corrected chi connectivity index (χ0v) is 22.2. The third-order valence-corrected chi connectivity index (χ3v) is 7.02. The molecule has 5 nitrogen and oxygen atoms in total. The predicted molar refractivity (Wildman–Crippen MR) is 129 cm³/mol. The number of alkyl halides is 1. The van der Waals surface area contributed by atoms with Gasteiger partial charge in [0.25, 0.3) is 0 Å². The molecule has 1 unspecified atom stereocenters. The number of nitrogens with zero attached hydrogens (tertiary/aromatic N) is 1. The second kappa shape index (κ2) is 18.9. The van der Waals surface area contributed by atoms with E-state index in [1.165, 1.54) is 84.2 Å². The summed E-state index contributed by atoms with van der Waals surface area (Å²) in [4.78, 5) is 0. The van der Waals surface area contributed by atoms with Crippen molar-refractivity contribution in [1.29, 1.82) is 0 Å². The molecule has 2 atom stereocenters. The Labute approximate surface area is 192 Å². The molecule has 0 aliphatic rings. The summed E-state index contributed by atoms with van der Waals surface area (Å²) in [6.07, 6.45) is 17.9. The topological polar surface area (TPSA) is 44.8 Å². The summed E-state index contributed by atoms with van der Waals surface area (Å²) >= 11 is 5.97. The molecule has 0 fully saturated rings. The molecule has 0 aromatic heterocycles. The van der Waals surface area contributed by atoms with E-state index in [2.05, 4.69) is 6.92 Å². The molecule has 0 aliphatic carbocycles. The Hall–Kier alpha value is 0.360. The summed E-state index contributed by atoms with van der Waals surface area (Å²) in [7, 11) is 3.94. The lowest BCUT2D eigenvalue weighted by Gasteiger charge is -2.29. The Morgan fingerprint density at radius 3 is 1.60 bits per heavy atom. The van der Waals surface area contributed by atoms with Crippen molar-refractivity contribution in [3.05, 3.63) is 0 Å². The van der Waals surface area contributed by atoms with E-state index in [1.54, 1.807) is 0 Å². The fourth-order valence-electron chi connectivity index (χ4n) is 3.50. The van der Waals surface area contributed by atoms with Crippen molar-refractivity contribution in [2.45, 2.75) is 103 Å². The SMILES string of the molecule is CCCCCCCCCCCCCCCCOP(=O)(OC)O[C@H](CCl)C[N+](C)(C)C. The van der Waals surface area contributed by atoms with E-state index in [1.807, 2.05) is 21.1 Å². The van der Waals surface area contributed by atoms with Crippen LogP contribution in [0.2, 0.25) is 0 Å². The average molecular weight is 471 g/mol. The highest BCUT2D eigenvalue weighted by Gasteiger charge is 2.31. The molecule has 0 spiro atoms. The zero-order valence-electron chi connectivity index (χ0n) is 20.5. The van der Waals surface area contributed by atoms with Gasteiger partial charge in [-0.15, -0.1) is 11.6 Å². The largest absolute Gasteiger partial charge is 0.475 e. The number of hydrogen-bond acceptors (Lipinski definition) is 4. The molecule has 0 saturated heterocycles. The van der Waals surface area contributed by atoms with Gasteiger partial charge in [-0.25, -0.2) is 4.57 Å². The van der Waals surface area contributed by atoms with Crippen molar-refractivity contribution in [1.82, 2.24) is 0 Å². The van der Waals surface area contributed by atoms with Gasteiger partial charge in [0.15, 0.2) is 0 Å². The standard InChI is InChI=1S/C23H50ClNO4P/c1-6-7-8-9-10-11-12-13-14-15-16-17-18-19-20-28-30(26,27-5)29-23(21-24)22-25(2,3)4/h23H,6-22H2,1-5H3/q+1/t23-,30?/m1/s1. The van der Waals surface area contributed by atoms with Gasteiger partial charge < -0.3 is 4.48 Å². The molecule has 0 bridgehead atoms. The molecular formula is C23H50ClNO4P+. The lowest BCUT2D eigenvalue weighted by Crippen LogP contribution is -2.42. The number of quaternary nitrogens is 1. The zero-order chi connectivity index (χ0) is 22.7. The van der Waals surface area contributed by atoms with Gasteiger partial charge in [0, 0.05) is 7.11 Å². The first-order valence-corrected chi connectivity index (χ1v) is 14.1. The molecule has 0 aromatic rings. The third kappa shape index (κ3) is 19.1. The molecule has 0 aromatic carbocycles. The van der Waals surface area contributed by atoms with Crippen molar-refractivity contribution in [2.24, 2.45) is 0 Å². The van der Waals surface area contributed by atoms with Crippen LogP contribution in [0.15, 0.2) is 0 Å². The first-order chi connectivity index (χ1) is 14.3. The van der Waals surface area contributed by atoms with E-state index in [-0.39, 0.29) is 12.0 Å². The highest BCUT2D eigenvalue weighted by Crippen LogP contribution is 2.50. The summed E-state index contributed by atoms with van der Waals surface area (Å²) in [6, 6.07) is 0. The van der Waals surface area contributed by atoms with Gasteiger partial charge in [-0.2, -0.15) is 0 Å². The van der Waals surface area contributed by atoms with Crippen molar-refractivity contribution in [3.8, 4) is 0 Å². The fraction of sp³-hybridized carbons (Fsp3) is 1.00. The number of rotatable bonds is 22. The van der Waals surface area contributed by atoms with E-state index in [9.17, 15) is 4.57 Å². The highest BCUT2D eigenvalue weighted by atomic mass is 35.5. The quantitative estimate of drug-likeness (QED) is 0.0708. The van der Waals surface area contributed by atoms with Crippen LogP contribution < -0.4 is 0 Å². The first-order valence-electron chi connectivity index (χ1n) is 12.1. The molecule has 0 amide bonds. The van der Waals surface area contributed by atoms with E-state index in [4.69, 9.17) is 25.2 Å². The lowest BCUT2D eigenvalue weighted by atomic mass is 10.0. The van der Waals surface area contributed by atoms with Gasteiger partial charge in [-0.05, 0) is 6.42 Å². The van der Waals surface area contributed by atoms with Gasteiger partial charge in [0.1, 0.15) is 12.6 Å². The second-order valence-electron chi connectivity index (χ2n) is 9.41. The smallest absolute Gasteiger partial charge is 0.329 e. The Bertz CT molecular complexity index is 432. The van der Waals surface area contributed by atoms with Crippen LogP contribution in [0, 0.1) is 0 Å². The maximum atomic E-state index is 12.6. The van der Waals surface area contributed by atoms with Gasteiger partial charge >= 0.3 is 7.82 Å². The van der Waals surface area contributed by atoms with Gasteiger partial charge in [-0.3, -0.25) is 13.6 Å². The Balaban J connectivity index is 3.68. The summed E-state index contributed by atoms with van der Waals surface area (Å²) in [5, 5.41) is 0. The molecular weight excluding hydrogens is 421 g/mol. The Morgan fingerprint density at radius 2 is 1.23 bits per heavy atom. The van der Waals surface area contributed by atoms with Crippen LogP contribution in [0.4, 0.5) is 0 Å². The highest BCUT2D eigenvalue weighted by molar-refractivity contribution is 7.48. The third-order valence-electron chi connectivity index (χ3n) is 5.17. The summed E-state index contributed by atoms with van der Waals surface area (Å²) in [5.41, 5.74) is 0. The molecule has 7 heteroatoms. The maximum absolute atomic E-state index is 12.6. The Kier molecular flexibility index (Phi) is 19.1. The normalized spacial score (nSPS) is 15.3. The van der Waals surface area contributed by atoms with Gasteiger partial charge in [0.05, 0.1) is 33.6 Å². The van der Waals surface area contributed by atoms with Crippen LogP contribution in [0.1, 0.15) is 96.8 Å². The first kappa shape index (κ1) is 30.4.